The Morgan fingerprint density at radius 2 is 1.85 bits per heavy atom. The molecule has 2 rings (SSSR count). The normalized spacial score (nSPS) is 11.4. The van der Waals surface area contributed by atoms with Crippen LogP contribution in [0.5, 0.6) is 11.5 Å². The van der Waals surface area contributed by atoms with Crippen molar-refractivity contribution in [3.63, 3.8) is 0 Å². The number of anilines is 1. The maximum absolute atomic E-state index is 12.7. The molecule has 0 unspecified atom stereocenters. The number of methoxy groups -OCH3 is 2. The maximum Gasteiger partial charge on any atom is 0.262 e. The van der Waals surface area contributed by atoms with Gasteiger partial charge in [0.15, 0.2) is 11.4 Å². The number of rotatable bonds is 6. The van der Waals surface area contributed by atoms with E-state index in [1.165, 1.54) is 44.2 Å². The molecule has 2 aromatic carbocycles. The molecule has 8 nitrogen and oxygen atoms in total. The summed E-state index contributed by atoms with van der Waals surface area (Å²) in [6.45, 7) is 0. The minimum atomic E-state index is -3.84. The highest BCUT2D eigenvalue weighted by atomic mass is 32.2. The number of aliphatic imine (C=N–C) groups is 1. The van der Waals surface area contributed by atoms with Crippen LogP contribution >= 0.6 is 11.8 Å². The number of nitrogens with one attached hydrogen (secondary N) is 2. The molecule has 0 saturated carbocycles. The van der Waals surface area contributed by atoms with E-state index in [1.54, 1.807) is 36.7 Å². The van der Waals surface area contributed by atoms with Crippen molar-refractivity contribution in [2.45, 2.75) is 4.90 Å². The van der Waals surface area contributed by atoms with Crippen molar-refractivity contribution in [3.8, 4) is 17.7 Å². The zero-order valence-corrected chi connectivity index (χ0v) is 16.5. The lowest BCUT2D eigenvalue weighted by atomic mass is 10.3. The van der Waals surface area contributed by atoms with Crippen LogP contribution in [-0.2, 0) is 10.0 Å². The van der Waals surface area contributed by atoms with E-state index in [1.807, 2.05) is 0 Å². The third kappa shape index (κ3) is 5.29. The predicted molar refractivity (Wildman–Crippen MR) is 106 cm³/mol. The van der Waals surface area contributed by atoms with E-state index in [0.717, 1.165) is 0 Å². The number of hydrogen-bond acceptors (Lipinski definition) is 7. The second-order valence-corrected chi connectivity index (χ2v) is 7.50. The Morgan fingerprint density at radius 3 is 2.41 bits per heavy atom. The molecule has 0 atom stereocenters. The molecule has 0 saturated heterocycles. The quantitative estimate of drug-likeness (QED) is 0.328. The van der Waals surface area contributed by atoms with Gasteiger partial charge in [-0.2, -0.15) is 5.26 Å². The minimum absolute atomic E-state index is 0.0604. The summed E-state index contributed by atoms with van der Waals surface area (Å²) in [6, 6.07) is 10.8. The molecule has 2 N–H and O–H groups in total. The summed E-state index contributed by atoms with van der Waals surface area (Å²) in [5, 5.41) is 11.5. The highest BCUT2D eigenvalue weighted by Crippen LogP contribution is 2.31. The van der Waals surface area contributed by atoms with Gasteiger partial charge in [-0.25, -0.2) is 13.4 Å². The summed E-state index contributed by atoms with van der Waals surface area (Å²) < 4.78 is 38.1. The highest BCUT2D eigenvalue weighted by Gasteiger charge is 2.17. The minimum Gasteiger partial charge on any atom is -0.497 e. The molecule has 0 aliphatic carbocycles. The van der Waals surface area contributed by atoms with Crippen LogP contribution in [-0.4, -0.2) is 34.1 Å². The number of hydrogen-bond donors (Lipinski definition) is 2. The van der Waals surface area contributed by atoms with E-state index in [4.69, 9.17) is 14.7 Å². The SMILES string of the molecule is COc1ccc(OC)c(NS(=O)(=O)c2ccc(N=C(NC#N)SC)cc2)c1. The molecule has 0 amide bonds. The molecule has 0 bridgehead atoms. The summed E-state index contributed by atoms with van der Waals surface area (Å²) in [5.41, 5.74) is 0.779. The lowest BCUT2D eigenvalue weighted by molar-refractivity contribution is 0.405. The average molecular weight is 406 g/mol. The van der Waals surface area contributed by atoms with Crippen LogP contribution in [0.2, 0.25) is 0 Å². The Morgan fingerprint density at radius 1 is 1.15 bits per heavy atom. The molecular formula is C17H18N4O4S2. The molecule has 0 aliphatic rings. The van der Waals surface area contributed by atoms with Gasteiger partial charge in [0.1, 0.15) is 11.5 Å². The van der Waals surface area contributed by atoms with Gasteiger partial charge in [-0.05, 0) is 42.7 Å². The van der Waals surface area contributed by atoms with Crippen molar-refractivity contribution >= 4 is 38.3 Å². The van der Waals surface area contributed by atoms with Gasteiger partial charge in [-0.1, -0.05) is 11.8 Å². The van der Waals surface area contributed by atoms with E-state index in [9.17, 15) is 8.42 Å². The summed E-state index contributed by atoms with van der Waals surface area (Å²) in [6.07, 6.45) is 3.56. The van der Waals surface area contributed by atoms with Crippen molar-refractivity contribution in [2.75, 3.05) is 25.2 Å². The number of sulfonamides is 1. The zero-order valence-electron chi connectivity index (χ0n) is 14.9. The summed E-state index contributed by atoms with van der Waals surface area (Å²) in [5.74, 6) is 0.862. The second kappa shape index (κ2) is 9.16. The molecule has 27 heavy (non-hydrogen) atoms. The van der Waals surface area contributed by atoms with E-state index in [2.05, 4.69) is 15.0 Å². The second-order valence-electron chi connectivity index (χ2n) is 5.02. The van der Waals surface area contributed by atoms with Gasteiger partial charge in [0, 0.05) is 6.07 Å². The molecule has 0 aromatic heterocycles. The van der Waals surface area contributed by atoms with E-state index in [0.29, 0.717) is 22.4 Å². The van der Waals surface area contributed by atoms with Crippen molar-refractivity contribution in [1.29, 1.82) is 5.26 Å². The number of nitrogens with zero attached hydrogens (tertiary/aromatic N) is 2. The first-order chi connectivity index (χ1) is 12.9. The molecule has 2 aromatic rings. The van der Waals surface area contributed by atoms with Gasteiger partial charge < -0.3 is 9.47 Å². The fraction of sp³-hybridized carbons (Fsp3) is 0.176. The summed E-state index contributed by atoms with van der Waals surface area (Å²) >= 11 is 1.27. The molecule has 0 aliphatic heterocycles. The monoisotopic (exact) mass is 406 g/mol. The fourth-order valence-electron chi connectivity index (χ4n) is 2.09. The molecule has 0 spiro atoms. The molecular weight excluding hydrogens is 388 g/mol. The van der Waals surface area contributed by atoms with Gasteiger partial charge in [0.05, 0.1) is 30.5 Å². The van der Waals surface area contributed by atoms with Crippen LogP contribution in [0.4, 0.5) is 11.4 Å². The highest BCUT2D eigenvalue weighted by molar-refractivity contribution is 8.13. The Balaban J connectivity index is 2.29. The van der Waals surface area contributed by atoms with Gasteiger partial charge in [-0.3, -0.25) is 10.0 Å². The fourth-order valence-corrected chi connectivity index (χ4v) is 3.49. The molecule has 142 valence electrons. The Bertz CT molecular complexity index is 967. The smallest absolute Gasteiger partial charge is 0.262 e. The largest absolute Gasteiger partial charge is 0.497 e. The number of ether oxygens (including phenoxy) is 2. The van der Waals surface area contributed by atoms with Gasteiger partial charge >= 0.3 is 0 Å². The lowest BCUT2D eigenvalue weighted by Gasteiger charge is -2.13. The first-order valence-electron chi connectivity index (χ1n) is 7.56. The van der Waals surface area contributed by atoms with Crippen LogP contribution in [0.25, 0.3) is 0 Å². The maximum atomic E-state index is 12.7. The molecule has 10 heteroatoms. The first kappa shape index (κ1) is 20.4. The van der Waals surface area contributed by atoms with E-state index < -0.39 is 10.0 Å². The molecule has 0 heterocycles. The van der Waals surface area contributed by atoms with Crippen molar-refractivity contribution < 1.29 is 17.9 Å². The van der Waals surface area contributed by atoms with Crippen molar-refractivity contribution in [3.05, 3.63) is 42.5 Å². The third-order valence-corrected chi connectivity index (χ3v) is 5.35. The Labute approximate surface area is 162 Å². The standard InChI is InChI=1S/C17H18N4O4S2/c1-24-13-6-9-16(25-2)15(10-13)21-27(22,23)14-7-4-12(5-8-14)20-17(26-3)19-11-18/h4-10,21H,1-3H3,(H,19,20). The van der Waals surface area contributed by atoms with Crippen LogP contribution in [0, 0.1) is 11.5 Å². The van der Waals surface area contributed by atoms with Gasteiger partial charge in [0.25, 0.3) is 10.0 Å². The summed E-state index contributed by atoms with van der Waals surface area (Å²) in [4.78, 5) is 4.28. The number of thioether (sulfide) groups is 1. The number of nitriles is 1. The van der Waals surface area contributed by atoms with Crippen LogP contribution in [0.3, 0.4) is 0 Å². The van der Waals surface area contributed by atoms with Crippen LogP contribution < -0.4 is 19.5 Å². The zero-order chi connectivity index (χ0) is 19.9. The number of benzene rings is 2. The first-order valence-corrected chi connectivity index (χ1v) is 10.3. The van der Waals surface area contributed by atoms with Crippen molar-refractivity contribution in [2.24, 2.45) is 4.99 Å². The summed E-state index contributed by atoms with van der Waals surface area (Å²) in [7, 11) is -0.900. The average Bonchev–Trinajstić information content (AvgIpc) is 2.67. The van der Waals surface area contributed by atoms with E-state index in [-0.39, 0.29) is 10.6 Å². The Kier molecular flexibility index (Phi) is 6.92. The van der Waals surface area contributed by atoms with Gasteiger partial charge in [0.2, 0.25) is 0 Å². The van der Waals surface area contributed by atoms with E-state index >= 15 is 0 Å². The predicted octanol–water partition coefficient (Wildman–Crippen LogP) is 2.93. The van der Waals surface area contributed by atoms with Crippen molar-refractivity contribution in [1.82, 2.24) is 5.32 Å². The van der Waals surface area contributed by atoms with Crippen LogP contribution in [0.15, 0.2) is 52.4 Å². The lowest BCUT2D eigenvalue weighted by Crippen LogP contribution is -2.14. The third-order valence-electron chi connectivity index (χ3n) is 3.38. The molecule has 0 radical (unpaired) electrons. The van der Waals surface area contributed by atoms with Gasteiger partial charge in [-0.15, -0.1) is 0 Å². The Hall–Kier alpha value is -2.90. The molecule has 0 fully saturated rings. The van der Waals surface area contributed by atoms with Crippen LogP contribution in [0.1, 0.15) is 0 Å². The number of amidine groups is 1. The topological polar surface area (TPSA) is 113 Å².